The number of fused-ring (bicyclic) bond motifs is 4. The van der Waals surface area contributed by atoms with Gasteiger partial charge in [-0.1, -0.05) is 158 Å². The molecule has 59 heavy (non-hydrogen) atoms. The second-order valence-corrected chi connectivity index (χ2v) is 20.8. The fraction of sp³-hybridized carbons (Fsp3) is 0.0741. The average molecular weight is 955 g/mol. The van der Waals surface area contributed by atoms with Crippen LogP contribution >= 0.6 is 0 Å². The van der Waals surface area contributed by atoms with Crippen molar-refractivity contribution in [1.82, 2.24) is 9.97 Å². The summed E-state index contributed by atoms with van der Waals surface area (Å²) < 4.78 is 6.26. The molecular formula is C54H42IrN2OSi-2. The van der Waals surface area contributed by atoms with Crippen molar-refractivity contribution < 1.29 is 24.5 Å². The van der Waals surface area contributed by atoms with E-state index in [2.05, 4.69) is 189 Å². The van der Waals surface area contributed by atoms with Crippen molar-refractivity contribution in [2.24, 2.45) is 0 Å². The molecule has 0 amide bonds. The monoisotopic (exact) mass is 955 g/mol. The molecule has 3 aromatic heterocycles. The van der Waals surface area contributed by atoms with Gasteiger partial charge in [-0.25, -0.2) is 0 Å². The third kappa shape index (κ3) is 8.37. The number of hydrogen-bond acceptors (Lipinski definition) is 3. The fourth-order valence-electron chi connectivity index (χ4n) is 7.81. The SMILES string of the molecule is Cc1cc(-c2[c-]ccc(-c3ccccc3)c2)ncc1[Si](C)(C)C.[Ir].[c-]1cc2oc3cc(-c4cccc5ccccc45)ccc3c2cc1-c1cc(-c2ccccc2)ccn1. The molecule has 3 heterocycles. The van der Waals surface area contributed by atoms with Gasteiger partial charge in [0.05, 0.1) is 13.7 Å². The molecule has 10 rings (SSSR count). The minimum atomic E-state index is -1.34. The second kappa shape index (κ2) is 16.9. The predicted molar refractivity (Wildman–Crippen MR) is 246 cm³/mol. The molecule has 0 aliphatic rings. The summed E-state index contributed by atoms with van der Waals surface area (Å²) in [4.78, 5) is 9.34. The van der Waals surface area contributed by atoms with E-state index in [1.807, 2.05) is 36.5 Å². The number of nitrogens with zero attached hydrogens (tertiary/aromatic N) is 2. The van der Waals surface area contributed by atoms with Crippen LogP contribution in [0, 0.1) is 19.1 Å². The number of aromatic nitrogens is 2. The topological polar surface area (TPSA) is 38.9 Å². The van der Waals surface area contributed by atoms with Crippen molar-refractivity contribution in [3.8, 4) is 55.9 Å². The molecule has 0 fully saturated rings. The van der Waals surface area contributed by atoms with Crippen molar-refractivity contribution in [3.63, 3.8) is 0 Å². The molecule has 289 valence electrons. The Bertz CT molecular complexity index is 3050. The van der Waals surface area contributed by atoms with Crippen LogP contribution in [0.15, 0.2) is 187 Å². The zero-order valence-corrected chi connectivity index (χ0v) is 36.9. The van der Waals surface area contributed by atoms with Crippen molar-refractivity contribution >= 4 is 46.0 Å². The van der Waals surface area contributed by atoms with Crippen molar-refractivity contribution in [2.75, 3.05) is 0 Å². The second-order valence-electron chi connectivity index (χ2n) is 15.8. The van der Waals surface area contributed by atoms with Crippen LogP contribution in [0.2, 0.25) is 19.6 Å². The van der Waals surface area contributed by atoms with E-state index >= 15 is 0 Å². The van der Waals surface area contributed by atoms with E-state index in [1.54, 1.807) is 0 Å². The number of aryl methyl sites for hydroxylation is 1. The van der Waals surface area contributed by atoms with Crippen LogP contribution in [0.25, 0.3) is 88.6 Å². The molecule has 0 saturated heterocycles. The maximum Gasteiger partial charge on any atom is 0.121 e. The fourth-order valence-corrected chi connectivity index (χ4v) is 9.52. The zero-order valence-electron chi connectivity index (χ0n) is 33.5. The smallest absolute Gasteiger partial charge is 0.121 e. The van der Waals surface area contributed by atoms with E-state index < -0.39 is 8.07 Å². The van der Waals surface area contributed by atoms with Gasteiger partial charge >= 0.3 is 0 Å². The molecule has 5 heteroatoms. The van der Waals surface area contributed by atoms with Gasteiger partial charge in [0.1, 0.15) is 5.58 Å². The Kier molecular flexibility index (Phi) is 11.4. The number of furan rings is 1. The summed E-state index contributed by atoms with van der Waals surface area (Å²) in [6.45, 7) is 9.27. The number of benzene rings is 7. The van der Waals surface area contributed by atoms with E-state index in [0.717, 1.165) is 55.6 Å². The normalized spacial score (nSPS) is 11.3. The molecule has 1 radical (unpaired) electrons. The van der Waals surface area contributed by atoms with Gasteiger partial charge in [-0.15, -0.1) is 59.2 Å². The summed E-state index contributed by atoms with van der Waals surface area (Å²) in [6, 6.07) is 65.6. The molecule has 0 N–H and O–H groups in total. The molecule has 0 atom stereocenters. The summed E-state index contributed by atoms with van der Waals surface area (Å²) in [7, 11) is -1.34. The van der Waals surface area contributed by atoms with Gasteiger partial charge in [-0.05, 0) is 74.2 Å². The first-order chi connectivity index (χ1) is 28.3. The van der Waals surface area contributed by atoms with E-state index in [9.17, 15) is 0 Å². The molecule has 0 spiro atoms. The van der Waals surface area contributed by atoms with Gasteiger partial charge in [0.15, 0.2) is 0 Å². The Morgan fingerprint density at radius 1 is 0.508 bits per heavy atom. The largest absolute Gasteiger partial charge is 0.500 e. The summed E-state index contributed by atoms with van der Waals surface area (Å²) >= 11 is 0. The molecule has 7 aromatic carbocycles. The van der Waals surface area contributed by atoms with E-state index in [-0.39, 0.29) is 20.1 Å². The van der Waals surface area contributed by atoms with E-state index in [0.29, 0.717) is 0 Å². The first-order valence-electron chi connectivity index (χ1n) is 19.7. The Hall–Kier alpha value is -6.23. The molecule has 0 unspecified atom stereocenters. The Morgan fingerprint density at radius 2 is 1.19 bits per heavy atom. The standard InChI is InChI=1S/C33H20NO.C21H22NSi.Ir/c1-2-7-22(8-3-1)24-17-18-34-31(20-24)26-14-16-32-30(19-26)29-15-13-25(21-33(29)35-32)28-12-6-10-23-9-4-5-11-27(23)28;1-16-13-20(22-15-21(16)23(2,3)4)19-12-8-11-18(14-19)17-9-6-5-7-10-17;/h1-13,15-21H;5-11,13-15H,1-4H3;/q2*-1;. The van der Waals surface area contributed by atoms with Gasteiger partial charge in [-0.3, -0.25) is 0 Å². The number of hydrogen-bond donors (Lipinski definition) is 0. The maximum absolute atomic E-state index is 6.26. The minimum absolute atomic E-state index is 0. The first-order valence-corrected chi connectivity index (χ1v) is 23.2. The first kappa shape index (κ1) is 39.6. The van der Waals surface area contributed by atoms with E-state index in [4.69, 9.17) is 9.40 Å². The Labute approximate surface area is 360 Å². The van der Waals surface area contributed by atoms with Crippen LogP contribution in [0.5, 0.6) is 0 Å². The number of pyridine rings is 2. The minimum Gasteiger partial charge on any atom is -0.500 e. The van der Waals surface area contributed by atoms with Crippen molar-refractivity contribution in [3.05, 3.63) is 200 Å². The number of rotatable bonds is 6. The molecule has 0 aliphatic heterocycles. The Morgan fingerprint density at radius 3 is 1.93 bits per heavy atom. The average Bonchev–Trinajstić information content (AvgIpc) is 3.64. The van der Waals surface area contributed by atoms with Crippen LogP contribution in [-0.4, -0.2) is 18.0 Å². The Balaban J connectivity index is 0.000000176. The molecule has 10 aromatic rings. The van der Waals surface area contributed by atoms with Crippen LogP contribution in [0.1, 0.15) is 5.56 Å². The molecule has 0 saturated carbocycles. The van der Waals surface area contributed by atoms with Crippen LogP contribution in [0.4, 0.5) is 0 Å². The zero-order chi connectivity index (χ0) is 39.6. The molecule has 0 aliphatic carbocycles. The summed E-state index contributed by atoms with van der Waals surface area (Å²) in [5.41, 5.74) is 14.0. The van der Waals surface area contributed by atoms with Gasteiger partial charge in [0.25, 0.3) is 0 Å². The third-order valence-corrected chi connectivity index (χ3v) is 12.9. The summed E-state index contributed by atoms with van der Waals surface area (Å²) in [5.74, 6) is 0. The molecule has 0 bridgehead atoms. The molecular weight excluding hydrogens is 913 g/mol. The predicted octanol–water partition coefficient (Wildman–Crippen LogP) is 14.0. The maximum atomic E-state index is 6.26. The quantitative estimate of drug-likeness (QED) is 0.123. The van der Waals surface area contributed by atoms with Crippen LogP contribution < -0.4 is 5.19 Å². The van der Waals surface area contributed by atoms with Gasteiger partial charge < -0.3 is 14.4 Å². The van der Waals surface area contributed by atoms with Crippen LogP contribution in [0.3, 0.4) is 0 Å². The van der Waals surface area contributed by atoms with Crippen LogP contribution in [-0.2, 0) is 20.1 Å². The third-order valence-electron chi connectivity index (χ3n) is 10.8. The summed E-state index contributed by atoms with van der Waals surface area (Å²) in [6.07, 6.45) is 3.93. The summed E-state index contributed by atoms with van der Waals surface area (Å²) in [5, 5.41) is 6.08. The van der Waals surface area contributed by atoms with Gasteiger partial charge in [0, 0.05) is 37.9 Å². The van der Waals surface area contributed by atoms with Crippen molar-refractivity contribution in [2.45, 2.75) is 26.6 Å². The molecule has 3 nitrogen and oxygen atoms in total. The van der Waals surface area contributed by atoms with Crippen molar-refractivity contribution in [1.29, 1.82) is 0 Å². The van der Waals surface area contributed by atoms with Gasteiger partial charge in [0.2, 0.25) is 0 Å². The van der Waals surface area contributed by atoms with E-state index in [1.165, 1.54) is 43.8 Å². The van der Waals surface area contributed by atoms with Gasteiger partial charge in [-0.2, -0.15) is 0 Å².